The molecule has 0 radical (unpaired) electrons. The SMILES string of the molecule is C=C(C)C(=O)OCCC(CCOC(=O)C(=C)CO)c1ccc(-c2ccc(CCCCC)cc2C)cc1C. The lowest BCUT2D eigenvalue weighted by Gasteiger charge is -2.21. The van der Waals surface area contributed by atoms with Crippen LogP contribution < -0.4 is 0 Å². The zero-order valence-electron chi connectivity index (χ0n) is 22.9. The van der Waals surface area contributed by atoms with E-state index in [-0.39, 0.29) is 24.7 Å². The van der Waals surface area contributed by atoms with Gasteiger partial charge in [0.15, 0.2) is 0 Å². The summed E-state index contributed by atoms with van der Waals surface area (Å²) in [4.78, 5) is 23.8. The first-order valence-electron chi connectivity index (χ1n) is 13.2. The molecule has 0 amide bonds. The van der Waals surface area contributed by atoms with Gasteiger partial charge in [-0.1, -0.05) is 69.3 Å². The number of carbonyl (C=O) groups is 2. The van der Waals surface area contributed by atoms with Crippen molar-refractivity contribution >= 4 is 11.9 Å². The molecule has 37 heavy (non-hydrogen) atoms. The van der Waals surface area contributed by atoms with Crippen molar-refractivity contribution in [2.45, 2.75) is 72.1 Å². The minimum Gasteiger partial charge on any atom is -0.462 e. The number of unbranched alkanes of at least 4 members (excludes halogenated alkanes) is 2. The second-order valence-corrected chi connectivity index (χ2v) is 9.77. The molecule has 0 bridgehead atoms. The van der Waals surface area contributed by atoms with Gasteiger partial charge in [0.05, 0.1) is 25.4 Å². The Bertz CT molecular complexity index is 1100. The van der Waals surface area contributed by atoms with Crippen molar-refractivity contribution in [2.24, 2.45) is 0 Å². The average Bonchev–Trinajstić information content (AvgIpc) is 2.87. The van der Waals surface area contributed by atoms with Crippen molar-refractivity contribution in [1.29, 1.82) is 0 Å². The van der Waals surface area contributed by atoms with E-state index in [1.807, 2.05) is 0 Å². The summed E-state index contributed by atoms with van der Waals surface area (Å²) in [5.41, 5.74) is 7.67. The fraction of sp³-hybridized carbons (Fsp3) is 0.438. The van der Waals surface area contributed by atoms with E-state index in [1.165, 1.54) is 36.0 Å². The van der Waals surface area contributed by atoms with E-state index in [2.05, 4.69) is 70.3 Å². The second-order valence-electron chi connectivity index (χ2n) is 9.77. The van der Waals surface area contributed by atoms with Crippen LogP contribution >= 0.6 is 0 Å². The molecule has 0 aliphatic heterocycles. The van der Waals surface area contributed by atoms with E-state index in [4.69, 9.17) is 14.6 Å². The van der Waals surface area contributed by atoms with Gasteiger partial charge in [0.1, 0.15) is 0 Å². The highest BCUT2D eigenvalue weighted by Crippen LogP contribution is 2.32. The highest BCUT2D eigenvalue weighted by Gasteiger charge is 2.18. The van der Waals surface area contributed by atoms with Crippen LogP contribution in [0.15, 0.2) is 60.7 Å². The first-order valence-corrected chi connectivity index (χ1v) is 13.2. The molecule has 0 saturated heterocycles. The molecule has 0 aliphatic rings. The van der Waals surface area contributed by atoms with Crippen LogP contribution in [-0.2, 0) is 25.5 Å². The molecule has 2 aromatic rings. The number of rotatable bonds is 15. The van der Waals surface area contributed by atoms with Gasteiger partial charge in [0.2, 0.25) is 0 Å². The third-order valence-electron chi connectivity index (χ3n) is 6.61. The predicted molar refractivity (Wildman–Crippen MR) is 150 cm³/mol. The largest absolute Gasteiger partial charge is 0.462 e. The molecule has 1 unspecified atom stereocenters. The first-order chi connectivity index (χ1) is 17.7. The Morgan fingerprint density at radius 2 is 1.59 bits per heavy atom. The Hall–Kier alpha value is -3.18. The number of hydrogen-bond donors (Lipinski definition) is 1. The topological polar surface area (TPSA) is 72.8 Å². The number of aliphatic hydroxyl groups excluding tert-OH is 1. The van der Waals surface area contributed by atoms with Gasteiger partial charge < -0.3 is 14.6 Å². The molecule has 0 aromatic heterocycles. The second kappa shape index (κ2) is 15.2. The number of aliphatic hydroxyl groups is 1. The Morgan fingerprint density at radius 1 is 0.919 bits per heavy atom. The molecule has 5 nitrogen and oxygen atoms in total. The molecule has 0 fully saturated rings. The highest BCUT2D eigenvalue weighted by molar-refractivity contribution is 5.88. The zero-order chi connectivity index (χ0) is 27.4. The molecule has 0 saturated carbocycles. The van der Waals surface area contributed by atoms with Crippen molar-refractivity contribution in [3.63, 3.8) is 0 Å². The van der Waals surface area contributed by atoms with Crippen LogP contribution in [0.3, 0.4) is 0 Å². The van der Waals surface area contributed by atoms with Crippen molar-refractivity contribution in [2.75, 3.05) is 19.8 Å². The molecule has 0 spiro atoms. The predicted octanol–water partition coefficient (Wildman–Crippen LogP) is 6.78. The molecule has 1 atom stereocenters. The standard InChI is InChI=1S/C32H42O5/c1-7-8-9-10-26-11-13-30(23(4)19-26)28-12-14-29(24(5)20-28)27(15-17-36-31(34)22(2)3)16-18-37-32(35)25(6)21-33/h11-14,19-20,27,33H,2,6-10,15-18,21H2,1,3-5H3. The molecule has 200 valence electrons. The molecule has 0 aliphatic carbocycles. The van der Waals surface area contributed by atoms with E-state index in [9.17, 15) is 9.59 Å². The summed E-state index contributed by atoms with van der Waals surface area (Å²) in [6.07, 6.45) is 5.95. The summed E-state index contributed by atoms with van der Waals surface area (Å²) in [7, 11) is 0. The Balaban J connectivity index is 2.19. The summed E-state index contributed by atoms with van der Waals surface area (Å²) in [6, 6.07) is 13.2. The summed E-state index contributed by atoms with van der Waals surface area (Å²) in [6.45, 7) is 15.2. The van der Waals surface area contributed by atoms with Gasteiger partial charge in [0.25, 0.3) is 0 Å². The molecular formula is C32H42O5. The van der Waals surface area contributed by atoms with E-state index in [0.717, 1.165) is 23.1 Å². The molecule has 0 heterocycles. The van der Waals surface area contributed by atoms with Gasteiger partial charge in [-0.05, 0) is 85.8 Å². The van der Waals surface area contributed by atoms with Crippen LogP contribution in [0.5, 0.6) is 0 Å². The lowest BCUT2D eigenvalue weighted by atomic mass is 9.87. The lowest BCUT2D eigenvalue weighted by Crippen LogP contribution is -2.15. The minimum absolute atomic E-state index is 0.0178. The van der Waals surface area contributed by atoms with Crippen molar-refractivity contribution in [3.8, 4) is 11.1 Å². The normalized spacial score (nSPS) is 11.6. The fourth-order valence-electron chi connectivity index (χ4n) is 4.42. The van der Waals surface area contributed by atoms with E-state index in [0.29, 0.717) is 18.4 Å². The maximum atomic E-state index is 11.9. The van der Waals surface area contributed by atoms with Crippen LogP contribution in [0, 0.1) is 13.8 Å². The monoisotopic (exact) mass is 506 g/mol. The van der Waals surface area contributed by atoms with E-state index < -0.39 is 18.5 Å². The van der Waals surface area contributed by atoms with E-state index in [1.54, 1.807) is 6.92 Å². The quantitative estimate of drug-likeness (QED) is 0.164. The smallest absolute Gasteiger partial charge is 0.335 e. The Labute approximate surface area is 222 Å². The van der Waals surface area contributed by atoms with Crippen LogP contribution in [0.25, 0.3) is 11.1 Å². The van der Waals surface area contributed by atoms with Gasteiger partial charge in [0, 0.05) is 5.57 Å². The molecular weight excluding hydrogens is 464 g/mol. The number of carbonyl (C=O) groups excluding carboxylic acids is 2. The van der Waals surface area contributed by atoms with Crippen LogP contribution in [-0.4, -0.2) is 36.9 Å². The number of benzene rings is 2. The maximum Gasteiger partial charge on any atom is 0.335 e. The first kappa shape index (κ1) is 30.0. The molecule has 1 N–H and O–H groups in total. The minimum atomic E-state index is -0.601. The number of hydrogen-bond acceptors (Lipinski definition) is 5. The molecule has 5 heteroatoms. The van der Waals surface area contributed by atoms with Crippen LogP contribution in [0.1, 0.15) is 74.1 Å². The van der Waals surface area contributed by atoms with E-state index >= 15 is 0 Å². The summed E-state index contributed by atoms with van der Waals surface area (Å²) in [5.74, 6) is -0.995. The zero-order valence-corrected chi connectivity index (χ0v) is 22.9. The maximum absolute atomic E-state index is 11.9. The van der Waals surface area contributed by atoms with Crippen molar-refractivity contribution in [3.05, 3.63) is 83.0 Å². The number of aryl methyl sites for hydroxylation is 3. The van der Waals surface area contributed by atoms with Crippen molar-refractivity contribution in [1.82, 2.24) is 0 Å². The number of esters is 2. The van der Waals surface area contributed by atoms with Gasteiger partial charge in [-0.3, -0.25) is 0 Å². The Kier molecular flexibility index (Phi) is 12.3. The van der Waals surface area contributed by atoms with Gasteiger partial charge in [-0.25, -0.2) is 9.59 Å². The van der Waals surface area contributed by atoms with Crippen molar-refractivity contribution < 1.29 is 24.2 Å². The van der Waals surface area contributed by atoms with Gasteiger partial charge >= 0.3 is 11.9 Å². The Morgan fingerprint density at radius 3 is 2.16 bits per heavy atom. The molecule has 2 aromatic carbocycles. The summed E-state index contributed by atoms with van der Waals surface area (Å²) < 4.78 is 10.6. The summed E-state index contributed by atoms with van der Waals surface area (Å²) >= 11 is 0. The average molecular weight is 507 g/mol. The third-order valence-corrected chi connectivity index (χ3v) is 6.61. The third kappa shape index (κ3) is 9.32. The number of ether oxygens (including phenoxy) is 2. The van der Waals surface area contributed by atoms with Crippen LogP contribution in [0.4, 0.5) is 0 Å². The highest BCUT2D eigenvalue weighted by atomic mass is 16.5. The molecule has 2 rings (SSSR count). The summed E-state index contributed by atoms with van der Waals surface area (Å²) in [5, 5.41) is 9.09. The lowest BCUT2D eigenvalue weighted by molar-refractivity contribution is -0.139. The fourth-order valence-corrected chi connectivity index (χ4v) is 4.42. The van der Waals surface area contributed by atoms with Gasteiger partial charge in [-0.15, -0.1) is 0 Å². The van der Waals surface area contributed by atoms with Crippen LogP contribution in [0.2, 0.25) is 0 Å². The van der Waals surface area contributed by atoms with Gasteiger partial charge in [-0.2, -0.15) is 0 Å².